The van der Waals surface area contributed by atoms with E-state index >= 15 is 0 Å². The predicted molar refractivity (Wildman–Crippen MR) is 71.5 cm³/mol. The smallest absolute Gasteiger partial charge is 0.295 e. The number of nitrogens with two attached hydrogens (primary N) is 1. The molecule has 0 saturated heterocycles. The number of rotatable bonds is 4. The van der Waals surface area contributed by atoms with Crippen molar-refractivity contribution in [3.05, 3.63) is 46.4 Å². The molecule has 0 radical (unpaired) electrons. The Morgan fingerprint density at radius 1 is 1.32 bits per heavy atom. The Morgan fingerprint density at radius 2 is 2.05 bits per heavy atom. The maximum Gasteiger partial charge on any atom is 0.295 e. The molecule has 0 spiro atoms. The second kappa shape index (κ2) is 5.32. The number of anilines is 1. The minimum atomic E-state index is -3.86. The first kappa shape index (κ1) is 14.0. The van der Waals surface area contributed by atoms with E-state index in [-0.39, 0.29) is 17.3 Å². The molecule has 0 atom stereocenters. The highest BCUT2D eigenvalue weighted by Gasteiger charge is 2.19. The van der Waals surface area contributed by atoms with Crippen LogP contribution >= 0.6 is 15.9 Å². The number of halogens is 2. The summed E-state index contributed by atoms with van der Waals surface area (Å²) in [4.78, 5) is 0. The fourth-order valence-electron chi connectivity index (χ4n) is 1.38. The molecule has 0 unspecified atom stereocenters. The van der Waals surface area contributed by atoms with E-state index in [2.05, 4.69) is 20.7 Å². The van der Waals surface area contributed by atoms with Crippen molar-refractivity contribution in [2.75, 3.05) is 4.72 Å². The molecule has 3 N–H and O–H groups in total. The standard InChI is InChI=1S/C11H10BrFN2O3S/c12-9-5-7(13)1-3-10(9)15-19(16,17)11-4-2-8(6-14)18-11/h1-5,15H,6,14H2. The third-order valence-electron chi connectivity index (χ3n) is 2.28. The van der Waals surface area contributed by atoms with Gasteiger partial charge in [-0.25, -0.2) is 4.39 Å². The minimum Gasteiger partial charge on any atom is -0.446 e. The Kier molecular flexibility index (Phi) is 3.93. The highest BCUT2D eigenvalue weighted by atomic mass is 79.9. The first-order valence-electron chi connectivity index (χ1n) is 5.19. The summed E-state index contributed by atoms with van der Waals surface area (Å²) >= 11 is 3.07. The normalized spacial score (nSPS) is 11.5. The first-order valence-corrected chi connectivity index (χ1v) is 7.46. The van der Waals surface area contributed by atoms with Crippen LogP contribution in [0.1, 0.15) is 5.76 Å². The van der Waals surface area contributed by atoms with Gasteiger partial charge in [0.15, 0.2) is 0 Å². The zero-order valence-electron chi connectivity index (χ0n) is 9.56. The monoisotopic (exact) mass is 348 g/mol. The van der Waals surface area contributed by atoms with Crippen molar-refractivity contribution in [1.29, 1.82) is 0 Å². The van der Waals surface area contributed by atoms with Crippen LogP contribution in [0.25, 0.3) is 0 Å². The van der Waals surface area contributed by atoms with Crippen LogP contribution in [0.4, 0.5) is 10.1 Å². The summed E-state index contributed by atoms with van der Waals surface area (Å²) in [5.41, 5.74) is 5.56. The summed E-state index contributed by atoms with van der Waals surface area (Å²) in [5, 5.41) is -0.246. The lowest BCUT2D eigenvalue weighted by Crippen LogP contribution is -2.12. The van der Waals surface area contributed by atoms with E-state index in [1.54, 1.807) is 0 Å². The number of sulfonamides is 1. The average Bonchev–Trinajstić information content (AvgIpc) is 2.82. The lowest BCUT2D eigenvalue weighted by Gasteiger charge is -2.07. The Morgan fingerprint density at radius 3 is 2.63 bits per heavy atom. The predicted octanol–water partition coefficient (Wildman–Crippen LogP) is 2.44. The summed E-state index contributed by atoms with van der Waals surface area (Å²) in [7, 11) is -3.86. The molecule has 2 rings (SSSR count). The molecular weight excluding hydrogens is 339 g/mol. The summed E-state index contributed by atoms with van der Waals surface area (Å²) in [6.07, 6.45) is 0. The molecular formula is C11H10BrFN2O3S. The van der Waals surface area contributed by atoms with Crippen molar-refractivity contribution < 1.29 is 17.2 Å². The Hall–Kier alpha value is -1.38. The summed E-state index contributed by atoms with van der Waals surface area (Å²) < 4.78 is 44.6. The van der Waals surface area contributed by atoms with E-state index in [1.807, 2.05) is 0 Å². The number of nitrogens with one attached hydrogen (secondary N) is 1. The van der Waals surface area contributed by atoms with Gasteiger partial charge in [-0.1, -0.05) is 0 Å². The average molecular weight is 349 g/mol. The largest absolute Gasteiger partial charge is 0.446 e. The van der Waals surface area contributed by atoms with Crippen LogP contribution in [0, 0.1) is 5.82 Å². The quantitative estimate of drug-likeness (QED) is 0.888. The molecule has 19 heavy (non-hydrogen) atoms. The molecule has 1 aromatic carbocycles. The molecule has 0 aliphatic rings. The van der Waals surface area contributed by atoms with Gasteiger partial charge < -0.3 is 10.2 Å². The third-order valence-corrected chi connectivity index (χ3v) is 4.17. The third kappa shape index (κ3) is 3.14. The molecule has 1 aromatic heterocycles. The van der Waals surface area contributed by atoms with Crippen LogP contribution in [0.2, 0.25) is 0 Å². The van der Waals surface area contributed by atoms with E-state index < -0.39 is 15.8 Å². The Balaban J connectivity index is 2.30. The lowest BCUT2D eigenvalue weighted by atomic mass is 10.3. The number of hydrogen-bond donors (Lipinski definition) is 2. The van der Waals surface area contributed by atoms with Gasteiger partial charge in [0, 0.05) is 4.47 Å². The van der Waals surface area contributed by atoms with Crippen LogP contribution in [-0.2, 0) is 16.6 Å². The lowest BCUT2D eigenvalue weighted by molar-refractivity contribution is 0.417. The van der Waals surface area contributed by atoms with Crippen molar-refractivity contribution >= 4 is 31.6 Å². The van der Waals surface area contributed by atoms with Crippen molar-refractivity contribution in [3.63, 3.8) is 0 Å². The molecule has 0 bridgehead atoms. The molecule has 5 nitrogen and oxygen atoms in total. The van der Waals surface area contributed by atoms with E-state index in [0.717, 1.165) is 12.1 Å². The molecule has 0 fully saturated rings. The van der Waals surface area contributed by atoms with E-state index in [9.17, 15) is 12.8 Å². The second-order valence-corrected chi connectivity index (χ2v) is 6.12. The van der Waals surface area contributed by atoms with E-state index in [1.165, 1.54) is 18.2 Å². The SMILES string of the molecule is NCc1ccc(S(=O)(=O)Nc2ccc(F)cc2Br)o1. The molecule has 0 saturated carbocycles. The molecule has 0 aliphatic carbocycles. The molecule has 1 heterocycles. The Labute approximate surface area is 117 Å². The fourth-order valence-corrected chi connectivity index (χ4v) is 2.99. The van der Waals surface area contributed by atoms with Crippen LogP contribution < -0.4 is 10.5 Å². The van der Waals surface area contributed by atoms with Crippen molar-refractivity contribution in [3.8, 4) is 0 Å². The molecule has 2 aromatic rings. The van der Waals surface area contributed by atoms with Crippen molar-refractivity contribution in [1.82, 2.24) is 0 Å². The van der Waals surface area contributed by atoms with Gasteiger partial charge in [0.25, 0.3) is 10.0 Å². The summed E-state index contributed by atoms with van der Waals surface area (Å²) in [5.74, 6) is -0.114. The van der Waals surface area contributed by atoms with Crippen LogP contribution in [0.5, 0.6) is 0 Å². The van der Waals surface area contributed by atoms with Gasteiger partial charge in [-0.15, -0.1) is 0 Å². The van der Waals surface area contributed by atoms with Gasteiger partial charge in [0.2, 0.25) is 5.09 Å². The number of hydrogen-bond acceptors (Lipinski definition) is 4. The van der Waals surface area contributed by atoms with Crippen molar-refractivity contribution in [2.24, 2.45) is 5.73 Å². The fraction of sp³-hybridized carbons (Fsp3) is 0.0909. The minimum absolute atomic E-state index is 0.107. The van der Waals surface area contributed by atoms with Crippen LogP contribution in [-0.4, -0.2) is 8.42 Å². The van der Waals surface area contributed by atoms with Gasteiger partial charge in [-0.05, 0) is 46.3 Å². The van der Waals surface area contributed by atoms with Crippen LogP contribution in [0.15, 0.2) is 44.3 Å². The highest BCUT2D eigenvalue weighted by molar-refractivity contribution is 9.10. The van der Waals surface area contributed by atoms with Gasteiger partial charge >= 0.3 is 0 Å². The maximum atomic E-state index is 12.9. The van der Waals surface area contributed by atoms with Gasteiger partial charge in [-0.3, -0.25) is 4.72 Å². The topological polar surface area (TPSA) is 85.3 Å². The second-order valence-electron chi connectivity index (χ2n) is 3.65. The van der Waals surface area contributed by atoms with Gasteiger partial charge in [0.1, 0.15) is 11.6 Å². The van der Waals surface area contributed by atoms with E-state index in [0.29, 0.717) is 10.2 Å². The van der Waals surface area contributed by atoms with Crippen LogP contribution in [0.3, 0.4) is 0 Å². The summed E-state index contributed by atoms with van der Waals surface area (Å²) in [6.45, 7) is 0.107. The molecule has 102 valence electrons. The van der Waals surface area contributed by atoms with Crippen molar-refractivity contribution in [2.45, 2.75) is 11.6 Å². The van der Waals surface area contributed by atoms with Gasteiger partial charge in [-0.2, -0.15) is 8.42 Å². The summed E-state index contributed by atoms with van der Waals surface area (Å²) in [6, 6.07) is 6.40. The molecule has 0 aliphatic heterocycles. The molecule has 0 amide bonds. The first-order chi connectivity index (χ1) is 8.92. The van der Waals surface area contributed by atoms with E-state index in [4.69, 9.17) is 10.2 Å². The number of benzene rings is 1. The zero-order valence-corrected chi connectivity index (χ0v) is 12.0. The highest BCUT2D eigenvalue weighted by Crippen LogP contribution is 2.26. The van der Waals surface area contributed by atoms with Gasteiger partial charge in [0.05, 0.1) is 12.2 Å². The number of furan rings is 1. The zero-order chi connectivity index (χ0) is 14.0. The Bertz CT molecular complexity index is 700. The maximum absolute atomic E-state index is 12.9. The molecule has 8 heteroatoms.